The van der Waals surface area contributed by atoms with Gasteiger partial charge in [-0.2, -0.15) is 4.73 Å². The summed E-state index contributed by atoms with van der Waals surface area (Å²) in [5.74, 6) is -1.06. The van der Waals surface area contributed by atoms with Crippen LogP contribution >= 0.6 is 0 Å². The highest BCUT2D eigenvalue weighted by molar-refractivity contribution is 5.97. The maximum absolute atomic E-state index is 12.9. The number of hydrogen-bond acceptors (Lipinski definition) is 5. The molecule has 3 aromatic rings. The van der Waals surface area contributed by atoms with E-state index in [0.717, 1.165) is 5.69 Å². The molecule has 2 N–H and O–H groups in total. The maximum Gasteiger partial charge on any atom is 0.345 e. The Labute approximate surface area is 178 Å². The van der Waals surface area contributed by atoms with Gasteiger partial charge in [-0.05, 0) is 37.1 Å². The van der Waals surface area contributed by atoms with Gasteiger partial charge in [0.1, 0.15) is 11.2 Å². The van der Waals surface area contributed by atoms with E-state index >= 15 is 0 Å². The molecule has 0 bridgehead atoms. The van der Waals surface area contributed by atoms with Crippen molar-refractivity contribution in [1.82, 2.24) is 4.57 Å². The SMILES string of the molecule is O=C1OC2(CCC(O)(C(=O)Nc3ccn(-c4ccccc4)c3)CC2)c2c1ccc[n+]2[O-]. The minimum absolute atomic E-state index is 0.0693. The molecule has 1 spiro atoms. The summed E-state index contributed by atoms with van der Waals surface area (Å²) < 4.78 is 8.10. The van der Waals surface area contributed by atoms with Crippen molar-refractivity contribution in [2.45, 2.75) is 36.9 Å². The molecule has 1 aliphatic heterocycles. The first-order chi connectivity index (χ1) is 14.9. The summed E-state index contributed by atoms with van der Waals surface area (Å²) >= 11 is 0. The standard InChI is InChI=1S/C23H21N3O5/c27-20-18-7-4-13-26(30)19(18)23(31-20)11-9-22(29,10-12-23)21(28)24-16-8-14-25(15-16)17-5-2-1-3-6-17/h1-8,13-15,29H,9-12H2,(H,24,28). The Bertz CT molecular complexity index is 1160. The highest BCUT2D eigenvalue weighted by Gasteiger charge is 2.57. The fraction of sp³-hybridized carbons (Fsp3) is 0.261. The fourth-order valence-corrected chi connectivity index (χ4v) is 4.49. The highest BCUT2D eigenvalue weighted by Crippen LogP contribution is 2.48. The summed E-state index contributed by atoms with van der Waals surface area (Å²) in [6, 6.07) is 14.5. The predicted octanol–water partition coefficient (Wildman–Crippen LogP) is 2.42. The van der Waals surface area contributed by atoms with Crippen LogP contribution in [0, 0.1) is 5.21 Å². The average molecular weight is 419 g/mol. The maximum atomic E-state index is 12.9. The van der Waals surface area contributed by atoms with Gasteiger partial charge in [0.25, 0.3) is 11.6 Å². The number of nitrogens with one attached hydrogen (secondary N) is 1. The largest absolute Gasteiger partial charge is 0.618 e. The lowest BCUT2D eigenvalue weighted by Gasteiger charge is -2.38. The zero-order valence-corrected chi connectivity index (χ0v) is 16.7. The Morgan fingerprint density at radius 2 is 1.84 bits per heavy atom. The second kappa shape index (κ2) is 6.95. The summed E-state index contributed by atoms with van der Waals surface area (Å²) in [5.41, 5.74) is -0.681. The second-order valence-corrected chi connectivity index (χ2v) is 8.11. The van der Waals surface area contributed by atoms with Gasteiger partial charge in [-0.1, -0.05) is 18.2 Å². The van der Waals surface area contributed by atoms with Gasteiger partial charge in [-0.15, -0.1) is 0 Å². The van der Waals surface area contributed by atoms with Gasteiger partial charge in [-0.3, -0.25) is 4.79 Å². The predicted molar refractivity (Wildman–Crippen MR) is 110 cm³/mol. The van der Waals surface area contributed by atoms with Crippen molar-refractivity contribution in [2.75, 3.05) is 5.32 Å². The summed E-state index contributed by atoms with van der Waals surface area (Å²) in [7, 11) is 0. The fourth-order valence-electron chi connectivity index (χ4n) is 4.49. The number of carbonyl (C=O) groups is 2. The Morgan fingerprint density at radius 3 is 2.58 bits per heavy atom. The van der Waals surface area contributed by atoms with Crippen molar-refractivity contribution < 1.29 is 24.2 Å². The number of esters is 1. The van der Waals surface area contributed by atoms with E-state index in [1.54, 1.807) is 18.3 Å². The highest BCUT2D eigenvalue weighted by atomic mass is 16.6. The van der Waals surface area contributed by atoms with Gasteiger partial charge < -0.3 is 24.9 Å². The number of aliphatic hydroxyl groups is 1. The van der Waals surface area contributed by atoms with E-state index in [1.807, 2.05) is 41.1 Å². The molecule has 0 atom stereocenters. The van der Waals surface area contributed by atoms with Crippen molar-refractivity contribution in [2.24, 2.45) is 0 Å². The Morgan fingerprint density at radius 1 is 1.10 bits per heavy atom. The lowest BCUT2D eigenvalue weighted by Crippen LogP contribution is -2.51. The van der Waals surface area contributed by atoms with Crippen LogP contribution in [0.3, 0.4) is 0 Å². The summed E-state index contributed by atoms with van der Waals surface area (Å²) in [6.45, 7) is 0. The van der Waals surface area contributed by atoms with Gasteiger partial charge >= 0.3 is 5.97 Å². The quantitative estimate of drug-likeness (QED) is 0.385. The molecule has 3 heterocycles. The molecular weight excluding hydrogens is 398 g/mol. The second-order valence-electron chi connectivity index (χ2n) is 8.11. The summed E-state index contributed by atoms with van der Waals surface area (Å²) in [5, 5.41) is 26.1. The molecule has 5 rings (SSSR count). The van der Waals surface area contributed by atoms with E-state index < -0.39 is 23.1 Å². The zero-order valence-electron chi connectivity index (χ0n) is 16.7. The molecule has 158 valence electrons. The van der Waals surface area contributed by atoms with Crippen LogP contribution in [0.25, 0.3) is 5.69 Å². The molecule has 8 nitrogen and oxygen atoms in total. The van der Waals surface area contributed by atoms with Crippen molar-refractivity contribution in [3.8, 4) is 5.69 Å². The lowest BCUT2D eigenvalue weighted by atomic mass is 9.74. The molecule has 1 aromatic carbocycles. The van der Waals surface area contributed by atoms with E-state index in [4.69, 9.17) is 4.74 Å². The first-order valence-electron chi connectivity index (χ1n) is 10.1. The number of pyridine rings is 1. The molecule has 1 aliphatic carbocycles. The molecule has 1 amide bonds. The lowest BCUT2D eigenvalue weighted by molar-refractivity contribution is -0.621. The monoisotopic (exact) mass is 419 g/mol. The minimum Gasteiger partial charge on any atom is -0.618 e. The topological polar surface area (TPSA) is 108 Å². The first-order valence-corrected chi connectivity index (χ1v) is 10.1. The number of aromatic nitrogens is 2. The molecule has 2 aliphatic rings. The molecule has 1 fully saturated rings. The minimum atomic E-state index is -1.61. The number of para-hydroxylation sites is 1. The molecule has 1 saturated carbocycles. The average Bonchev–Trinajstić information content (AvgIpc) is 3.35. The van der Waals surface area contributed by atoms with Crippen molar-refractivity contribution in [1.29, 1.82) is 0 Å². The van der Waals surface area contributed by atoms with Crippen LogP contribution in [-0.2, 0) is 15.1 Å². The van der Waals surface area contributed by atoms with Gasteiger partial charge in [0.05, 0.1) is 5.69 Å². The van der Waals surface area contributed by atoms with Crippen molar-refractivity contribution in [3.63, 3.8) is 0 Å². The van der Waals surface area contributed by atoms with E-state index in [1.165, 1.54) is 12.3 Å². The number of ether oxygens (including phenoxy) is 1. The van der Waals surface area contributed by atoms with Crippen molar-refractivity contribution in [3.05, 3.63) is 83.6 Å². The van der Waals surface area contributed by atoms with Crippen LogP contribution in [-0.4, -0.2) is 27.2 Å². The van der Waals surface area contributed by atoms with E-state index in [-0.39, 0.29) is 36.9 Å². The Balaban J connectivity index is 1.31. The van der Waals surface area contributed by atoms with Crippen LogP contribution in [0.4, 0.5) is 5.69 Å². The molecule has 0 unspecified atom stereocenters. The Kier molecular flexibility index (Phi) is 4.33. The summed E-state index contributed by atoms with van der Waals surface area (Å²) in [4.78, 5) is 25.1. The third-order valence-electron chi connectivity index (χ3n) is 6.21. The molecule has 0 radical (unpaired) electrons. The van der Waals surface area contributed by atoms with Crippen LogP contribution in [0.2, 0.25) is 0 Å². The number of amides is 1. The van der Waals surface area contributed by atoms with Crippen molar-refractivity contribution >= 4 is 17.6 Å². The molecular formula is C23H21N3O5. The number of anilines is 1. The van der Waals surface area contributed by atoms with E-state index in [0.29, 0.717) is 10.4 Å². The third-order valence-corrected chi connectivity index (χ3v) is 6.21. The number of hydrogen-bond donors (Lipinski definition) is 2. The number of carbonyl (C=O) groups excluding carboxylic acids is 2. The van der Waals surface area contributed by atoms with Gasteiger partial charge in [0.2, 0.25) is 0 Å². The third kappa shape index (κ3) is 3.16. The van der Waals surface area contributed by atoms with Gasteiger partial charge in [-0.25, -0.2) is 4.79 Å². The number of rotatable bonds is 3. The first kappa shape index (κ1) is 19.3. The van der Waals surface area contributed by atoms with E-state index in [9.17, 15) is 19.9 Å². The van der Waals surface area contributed by atoms with Crippen LogP contribution in [0.1, 0.15) is 41.7 Å². The molecule has 31 heavy (non-hydrogen) atoms. The van der Waals surface area contributed by atoms with Crippen LogP contribution < -0.4 is 10.0 Å². The smallest absolute Gasteiger partial charge is 0.345 e. The zero-order chi connectivity index (χ0) is 21.6. The van der Waals surface area contributed by atoms with E-state index in [2.05, 4.69) is 5.32 Å². The van der Waals surface area contributed by atoms with Gasteiger partial charge in [0, 0.05) is 37.0 Å². The molecule has 2 aromatic heterocycles. The van der Waals surface area contributed by atoms with Crippen LogP contribution in [0.15, 0.2) is 67.1 Å². The number of nitrogens with zero attached hydrogens (tertiary/aromatic N) is 2. The Hall–Kier alpha value is -3.65. The summed E-state index contributed by atoms with van der Waals surface area (Å²) in [6.07, 6.45) is 5.44. The van der Waals surface area contributed by atoms with Crippen LogP contribution in [0.5, 0.6) is 0 Å². The normalized spacial score (nSPS) is 24.6. The number of benzene rings is 1. The van der Waals surface area contributed by atoms with Gasteiger partial charge in [0.15, 0.2) is 11.8 Å². The molecule has 0 saturated heterocycles. The molecule has 8 heteroatoms. The number of fused-ring (bicyclic) bond motifs is 2.